The minimum Gasteiger partial charge on any atom is -0.494 e. The summed E-state index contributed by atoms with van der Waals surface area (Å²) >= 11 is 0. The number of nitrogens with zero attached hydrogens (tertiary/aromatic N) is 2. The Morgan fingerprint density at radius 1 is 0.952 bits per heavy atom. The quantitative estimate of drug-likeness (QED) is 0.808. The van der Waals surface area contributed by atoms with Gasteiger partial charge in [0.1, 0.15) is 11.5 Å². The van der Waals surface area contributed by atoms with Gasteiger partial charge in [0.15, 0.2) is 0 Å². The van der Waals surface area contributed by atoms with Crippen molar-refractivity contribution >= 4 is 0 Å². The predicted octanol–water partition coefficient (Wildman–Crippen LogP) is 3.17. The number of benzene rings is 1. The molecule has 0 aliphatic rings. The highest BCUT2D eigenvalue weighted by atomic mass is 16.5. The van der Waals surface area contributed by atoms with Crippen molar-refractivity contribution in [3.05, 3.63) is 42.1 Å². The molecular weight excluding hydrogens is 266 g/mol. The molecule has 0 amide bonds. The second kappa shape index (κ2) is 8.21. The summed E-state index contributed by atoms with van der Waals surface area (Å²) in [5.41, 5.74) is 0.896. The monoisotopic (exact) mass is 287 g/mol. The van der Waals surface area contributed by atoms with Gasteiger partial charge < -0.3 is 14.8 Å². The summed E-state index contributed by atoms with van der Waals surface area (Å²) < 4.78 is 11.2. The molecule has 112 valence electrons. The average molecular weight is 287 g/mol. The normalized spacial score (nSPS) is 10.4. The van der Waals surface area contributed by atoms with Crippen molar-refractivity contribution in [3.8, 4) is 17.4 Å². The molecule has 1 aromatic carbocycles. The standard InChI is InChI=1S/C16H21N3O2/c1-3-11-20-14-6-8-15(9-7-14)21-16-10-5-13(18-19-16)12-17-4-2/h5-10,17H,3-4,11-12H2,1-2H3. The van der Waals surface area contributed by atoms with Gasteiger partial charge in [-0.25, -0.2) is 0 Å². The van der Waals surface area contributed by atoms with E-state index in [1.807, 2.05) is 36.4 Å². The fourth-order valence-corrected chi connectivity index (χ4v) is 1.69. The highest BCUT2D eigenvalue weighted by Gasteiger charge is 2.01. The molecule has 1 aromatic heterocycles. The zero-order valence-electron chi connectivity index (χ0n) is 12.5. The maximum Gasteiger partial charge on any atom is 0.238 e. The molecule has 0 unspecified atom stereocenters. The number of hydrogen-bond acceptors (Lipinski definition) is 5. The van der Waals surface area contributed by atoms with Crippen LogP contribution in [0.2, 0.25) is 0 Å². The first-order valence-electron chi connectivity index (χ1n) is 7.26. The van der Waals surface area contributed by atoms with E-state index in [0.717, 1.165) is 31.0 Å². The molecule has 21 heavy (non-hydrogen) atoms. The predicted molar refractivity (Wildman–Crippen MR) is 81.7 cm³/mol. The Bertz CT molecular complexity index is 477. The lowest BCUT2D eigenvalue weighted by Gasteiger charge is -2.07. The third-order valence-electron chi connectivity index (χ3n) is 2.77. The molecule has 0 fully saturated rings. The summed E-state index contributed by atoms with van der Waals surface area (Å²) in [4.78, 5) is 0. The summed E-state index contributed by atoms with van der Waals surface area (Å²) in [6, 6.07) is 11.2. The Kier molecular flexibility index (Phi) is 5.97. The van der Waals surface area contributed by atoms with E-state index in [1.165, 1.54) is 0 Å². The Morgan fingerprint density at radius 3 is 2.33 bits per heavy atom. The van der Waals surface area contributed by atoms with Gasteiger partial charge in [-0.3, -0.25) is 0 Å². The van der Waals surface area contributed by atoms with Crippen molar-refractivity contribution < 1.29 is 9.47 Å². The number of aromatic nitrogens is 2. The molecular formula is C16H21N3O2. The first-order valence-corrected chi connectivity index (χ1v) is 7.26. The molecule has 0 aliphatic heterocycles. The molecule has 5 nitrogen and oxygen atoms in total. The molecule has 0 atom stereocenters. The van der Waals surface area contributed by atoms with Gasteiger partial charge in [-0.2, -0.15) is 5.10 Å². The Balaban J connectivity index is 1.91. The van der Waals surface area contributed by atoms with Crippen molar-refractivity contribution in [2.75, 3.05) is 13.2 Å². The summed E-state index contributed by atoms with van der Waals surface area (Å²) in [7, 11) is 0. The average Bonchev–Trinajstić information content (AvgIpc) is 2.53. The molecule has 5 heteroatoms. The lowest BCUT2D eigenvalue weighted by Crippen LogP contribution is -2.13. The molecule has 0 aliphatic carbocycles. The largest absolute Gasteiger partial charge is 0.494 e. The second-order valence-electron chi connectivity index (χ2n) is 4.57. The van der Waals surface area contributed by atoms with E-state index in [2.05, 4.69) is 29.4 Å². The summed E-state index contributed by atoms with van der Waals surface area (Å²) in [5, 5.41) is 11.4. The van der Waals surface area contributed by atoms with Crippen molar-refractivity contribution in [2.45, 2.75) is 26.8 Å². The van der Waals surface area contributed by atoms with Crippen LogP contribution in [-0.4, -0.2) is 23.3 Å². The zero-order chi connectivity index (χ0) is 14.9. The van der Waals surface area contributed by atoms with E-state index in [1.54, 1.807) is 0 Å². The van der Waals surface area contributed by atoms with Crippen LogP contribution in [0.5, 0.6) is 17.4 Å². The van der Waals surface area contributed by atoms with Crippen molar-refractivity contribution in [2.24, 2.45) is 0 Å². The van der Waals surface area contributed by atoms with Crippen molar-refractivity contribution in [1.82, 2.24) is 15.5 Å². The molecule has 2 rings (SSSR count). The third-order valence-corrected chi connectivity index (χ3v) is 2.77. The SMILES string of the molecule is CCCOc1ccc(Oc2ccc(CNCC)nn2)cc1. The summed E-state index contributed by atoms with van der Waals surface area (Å²) in [6.07, 6.45) is 0.993. The third kappa shape index (κ3) is 5.04. The number of nitrogens with one attached hydrogen (secondary N) is 1. The van der Waals surface area contributed by atoms with Crippen molar-refractivity contribution in [1.29, 1.82) is 0 Å². The fraction of sp³-hybridized carbons (Fsp3) is 0.375. The molecule has 0 saturated heterocycles. The van der Waals surface area contributed by atoms with E-state index in [-0.39, 0.29) is 0 Å². The Hall–Kier alpha value is -2.14. The highest BCUT2D eigenvalue weighted by Crippen LogP contribution is 2.22. The van der Waals surface area contributed by atoms with Crippen LogP contribution in [0, 0.1) is 0 Å². The summed E-state index contributed by atoms with van der Waals surface area (Å²) in [5.74, 6) is 2.04. The van der Waals surface area contributed by atoms with Gasteiger partial charge in [0, 0.05) is 12.6 Å². The molecule has 1 heterocycles. The molecule has 0 saturated carbocycles. The van der Waals surface area contributed by atoms with Gasteiger partial charge in [-0.15, -0.1) is 5.10 Å². The van der Waals surface area contributed by atoms with Gasteiger partial charge in [0.05, 0.1) is 12.3 Å². The molecule has 0 radical (unpaired) electrons. The van der Waals surface area contributed by atoms with Crippen LogP contribution in [-0.2, 0) is 6.54 Å². The van der Waals surface area contributed by atoms with Crippen LogP contribution in [0.1, 0.15) is 26.0 Å². The highest BCUT2D eigenvalue weighted by molar-refractivity contribution is 5.33. The second-order valence-corrected chi connectivity index (χ2v) is 4.57. The minimum atomic E-state index is 0.484. The first-order chi connectivity index (χ1) is 10.3. The van der Waals surface area contributed by atoms with E-state index in [0.29, 0.717) is 18.2 Å². The molecule has 1 N–H and O–H groups in total. The fourth-order valence-electron chi connectivity index (χ4n) is 1.69. The maximum absolute atomic E-state index is 5.65. The van der Waals surface area contributed by atoms with Gasteiger partial charge in [-0.1, -0.05) is 13.8 Å². The van der Waals surface area contributed by atoms with Crippen LogP contribution < -0.4 is 14.8 Å². The lowest BCUT2D eigenvalue weighted by molar-refractivity contribution is 0.317. The van der Waals surface area contributed by atoms with Gasteiger partial charge in [-0.05, 0) is 43.3 Å². The Labute approximate surface area is 125 Å². The van der Waals surface area contributed by atoms with Crippen LogP contribution >= 0.6 is 0 Å². The van der Waals surface area contributed by atoms with Gasteiger partial charge in [0.25, 0.3) is 0 Å². The minimum absolute atomic E-state index is 0.484. The summed E-state index contributed by atoms with van der Waals surface area (Å²) in [6.45, 7) is 6.48. The zero-order valence-corrected chi connectivity index (χ0v) is 12.5. The van der Waals surface area contributed by atoms with E-state index < -0.39 is 0 Å². The van der Waals surface area contributed by atoms with Crippen LogP contribution in [0.3, 0.4) is 0 Å². The molecule has 2 aromatic rings. The Morgan fingerprint density at radius 2 is 1.71 bits per heavy atom. The van der Waals surface area contributed by atoms with E-state index in [9.17, 15) is 0 Å². The van der Waals surface area contributed by atoms with Gasteiger partial charge in [0.2, 0.25) is 5.88 Å². The smallest absolute Gasteiger partial charge is 0.238 e. The molecule has 0 spiro atoms. The number of ether oxygens (including phenoxy) is 2. The first kappa shape index (κ1) is 15.3. The van der Waals surface area contributed by atoms with Crippen LogP contribution in [0.4, 0.5) is 0 Å². The number of hydrogen-bond donors (Lipinski definition) is 1. The van der Waals surface area contributed by atoms with Crippen molar-refractivity contribution in [3.63, 3.8) is 0 Å². The van der Waals surface area contributed by atoms with E-state index >= 15 is 0 Å². The van der Waals surface area contributed by atoms with Crippen LogP contribution in [0.15, 0.2) is 36.4 Å². The lowest BCUT2D eigenvalue weighted by atomic mass is 10.3. The van der Waals surface area contributed by atoms with E-state index in [4.69, 9.17) is 9.47 Å². The molecule has 0 bridgehead atoms. The topological polar surface area (TPSA) is 56.3 Å². The van der Waals surface area contributed by atoms with Gasteiger partial charge >= 0.3 is 0 Å². The number of rotatable bonds is 8. The van der Waals surface area contributed by atoms with Crippen LogP contribution in [0.25, 0.3) is 0 Å². The maximum atomic E-state index is 5.65.